The van der Waals surface area contributed by atoms with E-state index >= 15 is 4.39 Å². The van der Waals surface area contributed by atoms with E-state index in [2.05, 4.69) is 5.09 Å². The molecule has 220 valence electrons. The van der Waals surface area contributed by atoms with Gasteiger partial charge in [0.05, 0.1) is 12.7 Å². The number of aliphatic hydroxyl groups is 1. The summed E-state index contributed by atoms with van der Waals surface area (Å²) in [5, 5.41) is 13.2. The normalized spacial score (nSPS) is 25.2. The zero-order valence-electron chi connectivity index (χ0n) is 23.1. The number of esters is 1. The largest absolute Gasteiger partial charge is 0.462 e. The Balaban J connectivity index is 1.86. The Bertz CT molecular complexity index is 1400. The molecular formula is C26H35FN3O9P. The Labute approximate surface area is 230 Å². The second kappa shape index (κ2) is 12.6. The van der Waals surface area contributed by atoms with Gasteiger partial charge in [-0.05, 0) is 64.8 Å². The molecule has 6 atom stereocenters. The fourth-order valence-corrected chi connectivity index (χ4v) is 5.62. The summed E-state index contributed by atoms with van der Waals surface area (Å²) < 4.78 is 52.4. The number of carbonyl (C=O) groups is 1. The van der Waals surface area contributed by atoms with Gasteiger partial charge in [0.2, 0.25) is 0 Å². The van der Waals surface area contributed by atoms with Crippen molar-refractivity contribution in [3.63, 3.8) is 0 Å². The molecule has 0 amide bonds. The van der Waals surface area contributed by atoms with Gasteiger partial charge >= 0.3 is 19.4 Å². The average Bonchev–Trinajstić information content (AvgIpc) is 3.08. The molecule has 3 N–H and O–H groups in total. The number of nitrogens with zero attached hydrogens (tertiary/aromatic N) is 1. The first kappa shape index (κ1) is 31.4. The molecule has 0 spiro atoms. The topological polar surface area (TPSA) is 158 Å². The van der Waals surface area contributed by atoms with E-state index in [1.807, 2.05) is 24.1 Å². The van der Waals surface area contributed by atoms with Crippen LogP contribution in [0, 0.1) is 6.92 Å². The van der Waals surface area contributed by atoms with Crippen LogP contribution >= 0.6 is 7.75 Å². The lowest BCUT2D eigenvalue weighted by molar-refractivity contribution is -0.149. The predicted octanol–water partition coefficient (Wildman–Crippen LogP) is 3.00. The van der Waals surface area contributed by atoms with Gasteiger partial charge in [0.15, 0.2) is 11.9 Å². The average molecular weight is 584 g/mol. The van der Waals surface area contributed by atoms with Crippen LogP contribution in [0.15, 0.2) is 46.1 Å². The minimum atomic E-state index is -4.38. The van der Waals surface area contributed by atoms with Crippen molar-refractivity contribution >= 4 is 19.8 Å². The number of hydrogen-bond acceptors (Lipinski definition) is 9. The number of ether oxygens (including phenoxy) is 2. The number of alkyl halides is 1. The van der Waals surface area contributed by atoms with Gasteiger partial charge in [-0.15, -0.1) is 0 Å². The first-order valence-electron chi connectivity index (χ1n) is 12.7. The van der Waals surface area contributed by atoms with Crippen LogP contribution < -0.4 is 20.9 Å². The van der Waals surface area contributed by atoms with E-state index in [1.54, 1.807) is 39.0 Å². The SMILES string of the molecule is C/C=C/c1ccc(OP(=O)(NC(C)C(=O)OC(C)C)OCC2OC(n3ccc(=O)[nH]c3=O)C(C)(F)C2O)c(C)c1. The minimum absolute atomic E-state index is 0.189. The lowest BCUT2D eigenvalue weighted by atomic mass is 9.98. The van der Waals surface area contributed by atoms with Gasteiger partial charge in [-0.3, -0.25) is 23.7 Å². The van der Waals surface area contributed by atoms with Gasteiger partial charge < -0.3 is 19.1 Å². The van der Waals surface area contributed by atoms with E-state index < -0.39 is 67.8 Å². The van der Waals surface area contributed by atoms with Crippen molar-refractivity contribution in [3.05, 3.63) is 68.5 Å². The molecule has 1 aromatic carbocycles. The summed E-state index contributed by atoms with van der Waals surface area (Å²) in [6, 6.07) is 4.97. The molecule has 1 aliphatic rings. The third-order valence-electron chi connectivity index (χ3n) is 6.06. The molecule has 40 heavy (non-hydrogen) atoms. The zero-order chi connectivity index (χ0) is 29.8. The van der Waals surface area contributed by atoms with Crippen LogP contribution in [-0.4, -0.2) is 57.3 Å². The second-order valence-electron chi connectivity index (χ2n) is 9.89. The van der Waals surface area contributed by atoms with Crippen molar-refractivity contribution in [1.29, 1.82) is 0 Å². The van der Waals surface area contributed by atoms with Gasteiger partial charge in [0, 0.05) is 12.3 Å². The van der Waals surface area contributed by atoms with Crippen LogP contribution in [0.1, 0.15) is 52.0 Å². The van der Waals surface area contributed by atoms with Gasteiger partial charge in [-0.1, -0.05) is 18.2 Å². The highest BCUT2D eigenvalue weighted by Gasteiger charge is 2.56. The minimum Gasteiger partial charge on any atom is -0.462 e. The quantitative estimate of drug-likeness (QED) is 0.265. The van der Waals surface area contributed by atoms with Crippen LogP contribution in [0.25, 0.3) is 6.08 Å². The number of hydrogen-bond donors (Lipinski definition) is 3. The molecule has 2 heterocycles. The fraction of sp³-hybridized carbons (Fsp3) is 0.500. The number of aryl methyl sites for hydroxylation is 1. The first-order chi connectivity index (χ1) is 18.7. The smallest absolute Gasteiger partial charge is 0.459 e. The van der Waals surface area contributed by atoms with Crippen molar-refractivity contribution in [2.45, 2.75) is 77.8 Å². The number of rotatable bonds is 11. The molecule has 1 aromatic heterocycles. The molecule has 0 saturated carbocycles. The lowest BCUT2D eigenvalue weighted by Crippen LogP contribution is -2.43. The maximum absolute atomic E-state index is 15.6. The molecule has 6 unspecified atom stereocenters. The van der Waals surface area contributed by atoms with Crippen molar-refractivity contribution in [1.82, 2.24) is 14.6 Å². The van der Waals surface area contributed by atoms with E-state index in [0.29, 0.717) is 5.56 Å². The maximum Gasteiger partial charge on any atom is 0.459 e. The molecule has 1 aliphatic heterocycles. The summed E-state index contributed by atoms with van der Waals surface area (Å²) in [6.45, 7) is 8.68. The number of benzene rings is 1. The highest BCUT2D eigenvalue weighted by Crippen LogP contribution is 2.48. The van der Waals surface area contributed by atoms with E-state index in [1.165, 1.54) is 6.92 Å². The van der Waals surface area contributed by atoms with Crippen molar-refractivity contribution < 1.29 is 37.4 Å². The van der Waals surface area contributed by atoms with Gasteiger partial charge in [-0.25, -0.2) is 13.8 Å². The molecule has 3 rings (SSSR count). The Kier molecular flexibility index (Phi) is 9.91. The number of aromatic amines is 1. The highest BCUT2D eigenvalue weighted by molar-refractivity contribution is 7.52. The highest BCUT2D eigenvalue weighted by atomic mass is 31.2. The lowest BCUT2D eigenvalue weighted by Gasteiger charge is -2.26. The summed E-state index contributed by atoms with van der Waals surface area (Å²) in [7, 11) is -4.38. The third kappa shape index (κ3) is 7.35. The van der Waals surface area contributed by atoms with Crippen molar-refractivity contribution in [2.24, 2.45) is 0 Å². The van der Waals surface area contributed by atoms with Crippen LogP contribution in [0.4, 0.5) is 4.39 Å². The standard InChI is InChI=1S/C26H35FN3O9P/c1-7-8-18-9-10-19(16(4)13-18)39-40(35,29-17(5)23(33)37-15(2)3)36-14-20-22(32)26(6,27)24(38-20)30-12-11-21(31)28-25(30)34/h7-13,15,17,20,22,24,32H,14H2,1-6H3,(H,29,35)(H,28,31,34)/b8-7+. The van der Waals surface area contributed by atoms with Gasteiger partial charge in [0.25, 0.3) is 5.56 Å². The van der Waals surface area contributed by atoms with Gasteiger partial charge in [-0.2, -0.15) is 5.09 Å². The molecule has 0 bridgehead atoms. The fourth-order valence-electron chi connectivity index (χ4n) is 4.05. The predicted molar refractivity (Wildman–Crippen MR) is 145 cm³/mol. The van der Waals surface area contributed by atoms with Crippen LogP contribution in [0.2, 0.25) is 0 Å². The molecule has 1 saturated heterocycles. The van der Waals surface area contributed by atoms with E-state index in [-0.39, 0.29) is 5.75 Å². The Hall–Kier alpha value is -3.09. The van der Waals surface area contributed by atoms with Crippen molar-refractivity contribution in [2.75, 3.05) is 6.61 Å². The van der Waals surface area contributed by atoms with E-state index in [9.17, 15) is 24.1 Å². The van der Waals surface area contributed by atoms with Crippen LogP contribution in [0.3, 0.4) is 0 Å². The number of aliphatic hydroxyl groups excluding tert-OH is 1. The van der Waals surface area contributed by atoms with Crippen LogP contribution in [-0.2, 0) is 23.4 Å². The number of halogens is 1. The molecule has 12 nitrogen and oxygen atoms in total. The Morgan fingerprint density at radius 1 is 1.32 bits per heavy atom. The van der Waals surface area contributed by atoms with E-state index in [4.69, 9.17) is 18.5 Å². The number of carbonyl (C=O) groups excluding carboxylic acids is 1. The first-order valence-corrected chi connectivity index (χ1v) is 14.2. The van der Waals surface area contributed by atoms with Crippen molar-refractivity contribution in [3.8, 4) is 5.75 Å². The third-order valence-corrected chi connectivity index (χ3v) is 7.69. The molecule has 14 heteroatoms. The summed E-state index contributed by atoms with van der Waals surface area (Å²) in [5.41, 5.74) is -2.64. The Morgan fingerprint density at radius 3 is 2.62 bits per heavy atom. The number of H-pyrrole nitrogens is 1. The summed E-state index contributed by atoms with van der Waals surface area (Å²) in [4.78, 5) is 38.1. The number of allylic oxidation sites excluding steroid dienone is 1. The molecular weight excluding hydrogens is 548 g/mol. The number of nitrogens with one attached hydrogen (secondary N) is 2. The summed E-state index contributed by atoms with van der Waals surface area (Å²) in [6.07, 6.45) is -0.536. The monoisotopic (exact) mass is 583 g/mol. The van der Waals surface area contributed by atoms with Gasteiger partial charge in [0.1, 0.15) is 24.0 Å². The molecule has 0 aliphatic carbocycles. The van der Waals surface area contributed by atoms with E-state index in [0.717, 1.165) is 29.3 Å². The summed E-state index contributed by atoms with van der Waals surface area (Å²) >= 11 is 0. The molecule has 1 fully saturated rings. The second-order valence-corrected chi connectivity index (χ2v) is 11.6. The maximum atomic E-state index is 15.6. The number of aromatic nitrogens is 2. The zero-order valence-corrected chi connectivity index (χ0v) is 24.0. The summed E-state index contributed by atoms with van der Waals surface area (Å²) in [5.74, 6) is -0.525. The molecule has 0 radical (unpaired) electrons. The molecule has 2 aromatic rings. The Morgan fingerprint density at radius 2 is 2.02 bits per heavy atom. The van der Waals surface area contributed by atoms with Crippen LogP contribution in [0.5, 0.6) is 5.75 Å².